The van der Waals surface area contributed by atoms with Gasteiger partial charge in [0.2, 0.25) is 0 Å². The SMILES string of the molecule is COc1cc(NC(=O)N2CCN(CCCCCCC3=C(C)C(=O)N(c4ccc(C#N)c(C(F)(F)F)c4)C3=O)CC2)cc(OC)c1. The number of methoxy groups -OCH3 is 2. The van der Waals surface area contributed by atoms with Gasteiger partial charge in [0.25, 0.3) is 11.8 Å². The van der Waals surface area contributed by atoms with Crippen LogP contribution in [0.4, 0.5) is 29.3 Å². The van der Waals surface area contributed by atoms with Gasteiger partial charge in [0, 0.05) is 61.2 Å². The first-order valence-corrected chi connectivity index (χ1v) is 14.7. The molecule has 0 bridgehead atoms. The molecular formula is C32H36F3N5O5. The fourth-order valence-corrected chi connectivity index (χ4v) is 5.46. The van der Waals surface area contributed by atoms with Gasteiger partial charge in [-0.25, -0.2) is 9.69 Å². The van der Waals surface area contributed by atoms with E-state index in [0.717, 1.165) is 49.9 Å². The number of unbranched alkanes of at least 4 members (excludes halogenated alkanes) is 3. The van der Waals surface area contributed by atoms with Crippen LogP contribution in [0.15, 0.2) is 47.5 Å². The molecule has 10 nitrogen and oxygen atoms in total. The number of amides is 4. The van der Waals surface area contributed by atoms with Crippen molar-refractivity contribution in [3.05, 3.63) is 58.7 Å². The molecule has 240 valence electrons. The van der Waals surface area contributed by atoms with Gasteiger partial charge in [0.15, 0.2) is 0 Å². The highest BCUT2D eigenvalue weighted by Gasteiger charge is 2.39. The van der Waals surface area contributed by atoms with E-state index < -0.39 is 29.1 Å². The molecule has 0 atom stereocenters. The van der Waals surface area contributed by atoms with Gasteiger partial charge in [0.1, 0.15) is 11.5 Å². The molecule has 2 aliphatic rings. The molecule has 2 heterocycles. The quantitative estimate of drug-likeness (QED) is 0.255. The van der Waals surface area contributed by atoms with Crippen molar-refractivity contribution in [2.75, 3.05) is 57.2 Å². The first-order valence-electron chi connectivity index (χ1n) is 14.7. The average molecular weight is 628 g/mol. The minimum atomic E-state index is -4.80. The minimum Gasteiger partial charge on any atom is -0.497 e. The lowest BCUT2D eigenvalue weighted by atomic mass is 10.0. The summed E-state index contributed by atoms with van der Waals surface area (Å²) in [6.45, 7) is 5.07. The molecule has 13 heteroatoms. The summed E-state index contributed by atoms with van der Waals surface area (Å²) in [5.41, 5.74) is -0.846. The number of nitrogens with zero attached hydrogens (tertiary/aromatic N) is 4. The zero-order valence-electron chi connectivity index (χ0n) is 25.5. The molecule has 45 heavy (non-hydrogen) atoms. The zero-order valence-corrected chi connectivity index (χ0v) is 25.5. The molecule has 2 aliphatic heterocycles. The Morgan fingerprint density at radius 2 is 1.58 bits per heavy atom. The van der Waals surface area contributed by atoms with E-state index in [1.165, 1.54) is 19.1 Å². The Labute approximate surface area is 260 Å². The van der Waals surface area contributed by atoms with Gasteiger partial charge in [-0.1, -0.05) is 12.8 Å². The Morgan fingerprint density at radius 3 is 2.18 bits per heavy atom. The predicted octanol–water partition coefficient (Wildman–Crippen LogP) is 5.58. The van der Waals surface area contributed by atoms with Crippen molar-refractivity contribution in [1.82, 2.24) is 9.80 Å². The van der Waals surface area contributed by atoms with Crippen molar-refractivity contribution in [3.8, 4) is 17.6 Å². The van der Waals surface area contributed by atoms with Gasteiger partial charge >= 0.3 is 12.2 Å². The fraction of sp³-hybridized carbons (Fsp3) is 0.438. The summed E-state index contributed by atoms with van der Waals surface area (Å²) < 4.78 is 50.8. The Balaban J connectivity index is 1.18. The Morgan fingerprint density at radius 1 is 0.933 bits per heavy atom. The number of nitriles is 1. The number of nitrogens with one attached hydrogen (secondary N) is 1. The maximum atomic E-state index is 13.4. The van der Waals surface area contributed by atoms with Crippen molar-refractivity contribution in [2.45, 2.75) is 45.2 Å². The summed E-state index contributed by atoms with van der Waals surface area (Å²) in [4.78, 5) is 43.5. The number of rotatable bonds is 11. The highest BCUT2D eigenvalue weighted by atomic mass is 19.4. The molecule has 0 aliphatic carbocycles. The number of urea groups is 1. The standard InChI is InChI=1S/C32H36F3N5O5/c1-21-27(30(42)40(29(21)41)24-10-9-22(20-36)28(18-24)32(33,34)35)8-6-4-5-7-11-38-12-14-39(15-13-38)31(43)37-23-16-25(44-2)19-26(17-23)45-3/h9-10,16-19H,4-8,11-15H2,1-3H3,(H,37,43). The molecule has 4 amide bonds. The molecule has 0 saturated carbocycles. The van der Waals surface area contributed by atoms with Crippen LogP contribution in [0.2, 0.25) is 0 Å². The Bertz CT molecular complexity index is 1490. The molecule has 2 aromatic rings. The second-order valence-electron chi connectivity index (χ2n) is 10.9. The fourth-order valence-electron chi connectivity index (χ4n) is 5.46. The van der Waals surface area contributed by atoms with Crippen LogP contribution in [0.1, 0.15) is 50.2 Å². The molecule has 1 N–H and O–H groups in total. The van der Waals surface area contributed by atoms with E-state index in [1.807, 2.05) is 0 Å². The van der Waals surface area contributed by atoms with Crippen LogP contribution in [-0.4, -0.2) is 74.6 Å². The van der Waals surface area contributed by atoms with Crippen LogP contribution in [0.25, 0.3) is 0 Å². The van der Waals surface area contributed by atoms with Crippen LogP contribution in [0.5, 0.6) is 11.5 Å². The largest absolute Gasteiger partial charge is 0.497 e. The predicted molar refractivity (Wildman–Crippen MR) is 161 cm³/mol. The third kappa shape index (κ3) is 7.94. The average Bonchev–Trinajstić information content (AvgIpc) is 3.24. The Hall–Kier alpha value is -4.57. The molecule has 1 saturated heterocycles. The molecule has 4 rings (SSSR count). The number of hydrogen-bond donors (Lipinski definition) is 1. The highest BCUT2D eigenvalue weighted by Crippen LogP contribution is 2.37. The van der Waals surface area contributed by atoms with Gasteiger partial charge in [-0.3, -0.25) is 14.5 Å². The van der Waals surface area contributed by atoms with E-state index in [4.69, 9.17) is 14.7 Å². The van der Waals surface area contributed by atoms with E-state index in [1.54, 1.807) is 37.3 Å². The van der Waals surface area contributed by atoms with Gasteiger partial charge in [-0.2, -0.15) is 18.4 Å². The lowest BCUT2D eigenvalue weighted by Gasteiger charge is -2.34. The van der Waals surface area contributed by atoms with E-state index >= 15 is 0 Å². The number of anilines is 2. The van der Waals surface area contributed by atoms with E-state index in [0.29, 0.717) is 54.8 Å². The molecule has 0 spiro atoms. The second kappa shape index (κ2) is 14.5. The highest BCUT2D eigenvalue weighted by molar-refractivity contribution is 6.32. The van der Waals surface area contributed by atoms with Crippen molar-refractivity contribution in [3.63, 3.8) is 0 Å². The normalized spacial score (nSPS) is 15.8. The smallest absolute Gasteiger partial charge is 0.417 e. The number of benzene rings is 2. The van der Waals surface area contributed by atoms with Crippen LogP contribution in [-0.2, 0) is 15.8 Å². The van der Waals surface area contributed by atoms with E-state index in [9.17, 15) is 27.6 Å². The summed E-state index contributed by atoms with van der Waals surface area (Å²) >= 11 is 0. The van der Waals surface area contributed by atoms with Gasteiger partial charge in [0.05, 0.1) is 37.1 Å². The number of carbonyl (C=O) groups is 3. The number of alkyl halides is 3. The molecule has 0 radical (unpaired) electrons. The lowest BCUT2D eigenvalue weighted by molar-refractivity contribution is -0.138. The molecule has 2 aromatic carbocycles. The molecule has 1 fully saturated rings. The van der Waals surface area contributed by atoms with Crippen LogP contribution < -0.4 is 19.7 Å². The van der Waals surface area contributed by atoms with Gasteiger partial charge in [-0.15, -0.1) is 0 Å². The first kappa shape index (κ1) is 33.3. The number of imide groups is 1. The third-order valence-electron chi connectivity index (χ3n) is 8.04. The minimum absolute atomic E-state index is 0.187. The van der Waals surface area contributed by atoms with Crippen LogP contribution >= 0.6 is 0 Å². The number of ether oxygens (including phenoxy) is 2. The zero-order chi connectivity index (χ0) is 32.7. The second-order valence-corrected chi connectivity index (χ2v) is 10.9. The van der Waals surface area contributed by atoms with Crippen LogP contribution in [0.3, 0.4) is 0 Å². The number of halogens is 3. The maximum Gasteiger partial charge on any atom is 0.417 e. The van der Waals surface area contributed by atoms with Crippen molar-refractivity contribution in [1.29, 1.82) is 5.26 Å². The first-order chi connectivity index (χ1) is 21.5. The van der Waals surface area contributed by atoms with E-state index in [-0.39, 0.29) is 17.3 Å². The number of carbonyl (C=O) groups excluding carboxylic acids is 3. The van der Waals surface area contributed by atoms with Gasteiger partial charge in [-0.05, 0) is 50.9 Å². The summed E-state index contributed by atoms with van der Waals surface area (Å²) in [5, 5.41) is 11.9. The molecular weight excluding hydrogens is 591 g/mol. The van der Waals surface area contributed by atoms with Crippen molar-refractivity contribution >= 4 is 29.2 Å². The van der Waals surface area contributed by atoms with Crippen molar-refractivity contribution in [2.24, 2.45) is 0 Å². The monoisotopic (exact) mass is 627 g/mol. The van der Waals surface area contributed by atoms with Crippen LogP contribution in [0, 0.1) is 11.3 Å². The van der Waals surface area contributed by atoms with Gasteiger partial charge < -0.3 is 19.7 Å². The maximum absolute atomic E-state index is 13.4. The van der Waals surface area contributed by atoms with E-state index in [2.05, 4.69) is 10.2 Å². The summed E-state index contributed by atoms with van der Waals surface area (Å²) in [7, 11) is 3.09. The summed E-state index contributed by atoms with van der Waals surface area (Å²) in [6.07, 6.45) is -1.14. The lowest BCUT2D eigenvalue weighted by Crippen LogP contribution is -2.50. The molecule has 0 unspecified atom stereocenters. The Kier molecular flexibility index (Phi) is 10.7. The third-order valence-corrected chi connectivity index (χ3v) is 8.04. The summed E-state index contributed by atoms with van der Waals surface area (Å²) in [5.74, 6) is -0.109. The number of hydrogen-bond acceptors (Lipinski definition) is 7. The summed E-state index contributed by atoms with van der Waals surface area (Å²) in [6, 6.07) is 9.33. The topological polar surface area (TPSA) is 115 Å². The van der Waals surface area contributed by atoms with Crippen molar-refractivity contribution < 1.29 is 37.0 Å². The number of piperazine rings is 1. The molecule has 0 aromatic heterocycles.